The van der Waals surface area contributed by atoms with Gasteiger partial charge in [-0.15, -0.1) is 0 Å². The van der Waals surface area contributed by atoms with Crippen molar-refractivity contribution in [3.05, 3.63) is 23.3 Å². The van der Waals surface area contributed by atoms with E-state index in [-0.39, 0.29) is 12.1 Å². The topological polar surface area (TPSA) is 47.0 Å². The van der Waals surface area contributed by atoms with Gasteiger partial charge in [-0.2, -0.15) is 0 Å². The number of ether oxygens (including phenoxy) is 1. The maximum Gasteiger partial charge on any atom is 0.157 e. The summed E-state index contributed by atoms with van der Waals surface area (Å²) in [7, 11) is 1.93. The summed E-state index contributed by atoms with van der Waals surface area (Å²) in [5.74, 6) is 0.756. The fraction of sp³-hybridized carbons (Fsp3) is 0.667. The quantitative estimate of drug-likeness (QED) is 0.831. The predicted octanol–water partition coefficient (Wildman–Crippen LogP) is 2.16. The lowest BCUT2D eigenvalue weighted by Gasteiger charge is -2.15. The van der Waals surface area contributed by atoms with Gasteiger partial charge in [0.1, 0.15) is 6.10 Å². The largest absolute Gasteiger partial charge is 0.371 e. The number of nitrogens with zero attached hydrogens (tertiary/aromatic N) is 2. The first-order valence-corrected chi connectivity index (χ1v) is 5.72. The third-order valence-corrected chi connectivity index (χ3v) is 2.72. The predicted molar refractivity (Wildman–Crippen MR) is 64.3 cm³/mol. The Labute approximate surface area is 97.5 Å². The van der Waals surface area contributed by atoms with Crippen molar-refractivity contribution in [2.75, 3.05) is 13.7 Å². The first-order valence-electron chi connectivity index (χ1n) is 5.72. The maximum atomic E-state index is 5.47. The summed E-state index contributed by atoms with van der Waals surface area (Å²) in [6, 6.07) is 0.274. The molecule has 90 valence electrons. The van der Waals surface area contributed by atoms with E-state index < -0.39 is 0 Å². The molecule has 0 aliphatic carbocycles. The summed E-state index contributed by atoms with van der Waals surface area (Å²) in [6.45, 7) is 8.73. The van der Waals surface area contributed by atoms with Gasteiger partial charge < -0.3 is 10.1 Å². The van der Waals surface area contributed by atoms with E-state index in [0.29, 0.717) is 6.61 Å². The molecule has 0 fully saturated rings. The van der Waals surface area contributed by atoms with E-state index in [9.17, 15) is 0 Å². The molecule has 2 unspecified atom stereocenters. The second kappa shape index (κ2) is 5.92. The summed E-state index contributed by atoms with van der Waals surface area (Å²) >= 11 is 0. The van der Waals surface area contributed by atoms with Gasteiger partial charge in [-0.3, -0.25) is 0 Å². The third kappa shape index (κ3) is 3.00. The zero-order valence-electron chi connectivity index (χ0n) is 10.7. The summed E-state index contributed by atoms with van der Waals surface area (Å²) in [5, 5.41) is 3.18. The molecule has 1 heterocycles. The van der Waals surface area contributed by atoms with Crippen LogP contribution < -0.4 is 5.32 Å². The molecule has 0 saturated carbocycles. The average molecular weight is 223 g/mol. The minimum absolute atomic E-state index is 0.0392. The zero-order valence-corrected chi connectivity index (χ0v) is 10.7. The summed E-state index contributed by atoms with van der Waals surface area (Å²) < 4.78 is 5.47. The van der Waals surface area contributed by atoms with Crippen molar-refractivity contribution in [2.24, 2.45) is 0 Å². The minimum atomic E-state index is -0.0392. The zero-order chi connectivity index (χ0) is 12.1. The van der Waals surface area contributed by atoms with Crippen molar-refractivity contribution in [1.29, 1.82) is 0 Å². The highest BCUT2D eigenvalue weighted by Crippen LogP contribution is 2.17. The van der Waals surface area contributed by atoms with E-state index in [4.69, 9.17) is 4.74 Å². The number of rotatable bonds is 5. The molecular formula is C12H21N3O. The van der Waals surface area contributed by atoms with Crippen molar-refractivity contribution < 1.29 is 4.74 Å². The lowest BCUT2D eigenvalue weighted by Crippen LogP contribution is -2.16. The molecule has 0 saturated heterocycles. The molecule has 0 bridgehead atoms. The highest BCUT2D eigenvalue weighted by molar-refractivity contribution is 5.20. The van der Waals surface area contributed by atoms with Gasteiger partial charge in [0.05, 0.1) is 0 Å². The van der Waals surface area contributed by atoms with E-state index in [1.54, 1.807) is 0 Å². The van der Waals surface area contributed by atoms with Crippen molar-refractivity contribution in [1.82, 2.24) is 15.3 Å². The standard InChI is InChI=1S/C12H21N3O/c1-6-16-10(4)12-14-7-11(8(2)13-5)9(3)15-12/h7-8,10,13H,6H2,1-5H3. The Bertz CT molecular complexity index is 341. The van der Waals surface area contributed by atoms with Crippen LogP contribution in [-0.4, -0.2) is 23.6 Å². The smallest absolute Gasteiger partial charge is 0.157 e. The van der Waals surface area contributed by atoms with E-state index >= 15 is 0 Å². The Balaban J connectivity index is 2.90. The van der Waals surface area contributed by atoms with Crippen LogP contribution in [0.3, 0.4) is 0 Å². The Kier molecular flexibility index (Phi) is 4.83. The Morgan fingerprint density at radius 2 is 2.12 bits per heavy atom. The minimum Gasteiger partial charge on any atom is -0.371 e. The average Bonchev–Trinajstić information content (AvgIpc) is 2.28. The Morgan fingerprint density at radius 3 is 2.62 bits per heavy atom. The molecule has 4 nitrogen and oxygen atoms in total. The van der Waals surface area contributed by atoms with Crippen molar-refractivity contribution in [3.63, 3.8) is 0 Å². The van der Waals surface area contributed by atoms with Crippen molar-refractivity contribution >= 4 is 0 Å². The van der Waals surface area contributed by atoms with Crippen LogP contribution in [0, 0.1) is 6.92 Å². The number of hydrogen-bond acceptors (Lipinski definition) is 4. The second-order valence-corrected chi connectivity index (χ2v) is 3.88. The molecular weight excluding hydrogens is 202 g/mol. The Morgan fingerprint density at radius 1 is 1.44 bits per heavy atom. The molecule has 0 aromatic carbocycles. The van der Waals surface area contributed by atoms with Gasteiger partial charge in [0.15, 0.2) is 5.82 Å². The van der Waals surface area contributed by atoms with Gasteiger partial charge >= 0.3 is 0 Å². The SMILES string of the molecule is CCOC(C)c1ncc(C(C)NC)c(C)n1. The monoisotopic (exact) mass is 223 g/mol. The fourth-order valence-electron chi connectivity index (χ4n) is 1.60. The van der Waals surface area contributed by atoms with Gasteiger partial charge in [0, 0.05) is 30.1 Å². The van der Waals surface area contributed by atoms with Crippen LogP contribution in [0.5, 0.6) is 0 Å². The first-order chi connectivity index (χ1) is 7.60. The highest BCUT2D eigenvalue weighted by Gasteiger charge is 2.12. The summed E-state index contributed by atoms with van der Waals surface area (Å²) in [4.78, 5) is 8.84. The normalized spacial score (nSPS) is 14.8. The van der Waals surface area contributed by atoms with Crippen LogP contribution in [0.1, 0.15) is 50.0 Å². The molecule has 1 aromatic heterocycles. The molecule has 0 radical (unpaired) electrons. The highest BCUT2D eigenvalue weighted by atomic mass is 16.5. The van der Waals surface area contributed by atoms with Crippen LogP contribution in [0.25, 0.3) is 0 Å². The Hall–Kier alpha value is -1.00. The molecule has 0 spiro atoms. The molecule has 0 aliphatic heterocycles. The molecule has 16 heavy (non-hydrogen) atoms. The second-order valence-electron chi connectivity index (χ2n) is 3.88. The van der Waals surface area contributed by atoms with Gasteiger partial charge in [0.2, 0.25) is 0 Å². The summed E-state index contributed by atoms with van der Waals surface area (Å²) in [5.41, 5.74) is 2.15. The molecule has 1 aromatic rings. The lowest BCUT2D eigenvalue weighted by molar-refractivity contribution is 0.0698. The maximum absolute atomic E-state index is 5.47. The third-order valence-electron chi connectivity index (χ3n) is 2.72. The molecule has 1 N–H and O–H groups in total. The first kappa shape index (κ1) is 13.1. The van der Waals surface area contributed by atoms with Gasteiger partial charge in [-0.1, -0.05) is 0 Å². The number of nitrogens with one attached hydrogen (secondary N) is 1. The molecule has 0 aliphatic rings. The lowest BCUT2D eigenvalue weighted by atomic mass is 10.1. The van der Waals surface area contributed by atoms with Gasteiger partial charge in [-0.05, 0) is 34.7 Å². The molecule has 1 rings (SSSR count). The summed E-state index contributed by atoms with van der Waals surface area (Å²) in [6.07, 6.45) is 1.84. The number of aryl methyl sites for hydroxylation is 1. The van der Waals surface area contributed by atoms with Gasteiger partial charge in [0.25, 0.3) is 0 Å². The van der Waals surface area contributed by atoms with Crippen molar-refractivity contribution in [2.45, 2.75) is 39.8 Å². The van der Waals surface area contributed by atoms with Gasteiger partial charge in [-0.25, -0.2) is 9.97 Å². The fourth-order valence-corrected chi connectivity index (χ4v) is 1.60. The van der Waals surface area contributed by atoms with E-state index in [1.807, 2.05) is 34.0 Å². The molecule has 4 heteroatoms. The molecule has 2 atom stereocenters. The van der Waals surface area contributed by atoms with E-state index in [2.05, 4.69) is 22.2 Å². The molecule has 0 amide bonds. The number of aromatic nitrogens is 2. The van der Waals surface area contributed by atoms with Crippen LogP contribution in [0.4, 0.5) is 0 Å². The van der Waals surface area contributed by atoms with Crippen LogP contribution >= 0.6 is 0 Å². The van der Waals surface area contributed by atoms with E-state index in [1.165, 1.54) is 0 Å². The van der Waals surface area contributed by atoms with Crippen LogP contribution in [-0.2, 0) is 4.74 Å². The van der Waals surface area contributed by atoms with Crippen LogP contribution in [0.2, 0.25) is 0 Å². The number of hydrogen-bond donors (Lipinski definition) is 1. The van der Waals surface area contributed by atoms with Crippen molar-refractivity contribution in [3.8, 4) is 0 Å². The van der Waals surface area contributed by atoms with E-state index in [0.717, 1.165) is 17.1 Å². The van der Waals surface area contributed by atoms with Crippen LogP contribution in [0.15, 0.2) is 6.20 Å².